The molecule has 3 nitrogen and oxygen atoms in total. The quantitative estimate of drug-likeness (QED) is 0.0857. The van der Waals surface area contributed by atoms with Crippen molar-refractivity contribution < 1.29 is 21.5 Å². The molecule has 0 aliphatic heterocycles. The molecule has 0 saturated heterocycles. The minimum absolute atomic E-state index is 0. The van der Waals surface area contributed by atoms with Crippen molar-refractivity contribution >= 4 is 40.9 Å². The van der Waals surface area contributed by atoms with Crippen LogP contribution in [0.25, 0.3) is 5.32 Å². The molecule has 0 bridgehead atoms. The third kappa shape index (κ3) is 16.4. The molecule has 0 saturated carbocycles. The number of aliphatic imine (C=N–C) groups is 1. The molecule has 0 heterocycles. The first-order valence-corrected chi connectivity index (χ1v) is 24.0. The summed E-state index contributed by atoms with van der Waals surface area (Å²) in [6, 6.07) is 45.6. The van der Waals surface area contributed by atoms with E-state index in [0.717, 1.165) is 36.0 Å². The predicted octanol–water partition coefficient (Wildman–Crippen LogP) is 16.4. The Morgan fingerprint density at radius 1 is 0.516 bits per heavy atom. The van der Waals surface area contributed by atoms with Crippen LogP contribution < -0.4 is 15.9 Å². The van der Waals surface area contributed by atoms with E-state index >= 15 is 0 Å². The smallest absolute Gasteiger partial charge is 0.0702 e. The fraction of sp³-hybridized carbons (Fsp3) is 0.421. The maximum atomic E-state index is 5.46. The topological polar surface area (TPSA) is 35.7 Å². The van der Waals surface area contributed by atoms with Crippen molar-refractivity contribution in [2.45, 2.75) is 134 Å². The molecule has 62 heavy (non-hydrogen) atoms. The van der Waals surface area contributed by atoms with Crippen molar-refractivity contribution in [2.24, 2.45) is 15.8 Å². The Labute approximate surface area is 390 Å². The molecule has 5 aromatic rings. The molecule has 0 atom stereocenters. The SMILES string of the molecule is CC(C)c1cccc(C(C)C)c1N=C(/C=C(\[N-]c1c(C(C)C)cccc1C(C)C)C(C)(C)C)C(C)(C)C.CCOCC.[Co].c1ccc(P(c2ccccc2)c2ccccc2)cc1. The van der Waals surface area contributed by atoms with Gasteiger partial charge in [0.05, 0.1) is 5.69 Å². The summed E-state index contributed by atoms with van der Waals surface area (Å²) < 4.78 is 4.83. The number of benzene rings is 5. The van der Waals surface area contributed by atoms with Gasteiger partial charge in [-0.3, -0.25) is 4.99 Å². The number of nitrogens with zero attached hydrogens (tertiary/aromatic N) is 2. The zero-order chi connectivity index (χ0) is 45.3. The molecule has 0 spiro atoms. The Hall–Kier alpha value is -3.79. The minimum Gasteiger partial charge on any atom is -0.660 e. The minimum atomic E-state index is -0.446. The van der Waals surface area contributed by atoms with Gasteiger partial charge in [-0.15, -0.1) is 5.69 Å². The number of allylic oxidation sites excluding steroid dienone is 2. The molecule has 0 aromatic heterocycles. The molecule has 0 aliphatic carbocycles. The molecule has 5 heteroatoms. The first-order valence-electron chi connectivity index (χ1n) is 22.6. The molecule has 5 rings (SSSR count). The first kappa shape index (κ1) is 54.3. The van der Waals surface area contributed by atoms with Crippen LogP contribution in [0.1, 0.15) is 157 Å². The Bertz CT molecular complexity index is 1940. The molecule has 5 aromatic carbocycles. The van der Waals surface area contributed by atoms with Crippen molar-refractivity contribution in [1.29, 1.82) is 0 Å². The second kappa shape index (κ2) is 26.1. The first-order chi connectivity index (χ1) is 28.8. The van der Waals surface area contributed by atoms with Crippen LogP contribution in [0.4, 0.5) is 11.4 Å². The van der Waals surface area contributed by atoms with Gasteiger partial charge in [0.15, 0.2) is 0 Å². The molecule has 0 fully saturated rings. The Morgan fingerprint density at radius 3 is 1.13 bits per heavy atom. The van der Waals surface area contributed by atoms with Crippen LogP contribution in [0.3, 0.4) is 0 Å². The molecular weight excluding hydrogens is 819 g/mol. The third-order valence-corrected chi connectivity index (χ3v) is 12.9. The number of rotatable bonds is 13. The standard InChI is InChI=1S/C35H53N2.C18H15P.C4H10O.Co/c1-22(2)26-17-15-18-27(23(3)4)32(26)36-30(34(9,10)11)21-31(35(12,13)14)37-33-28(24(5)6)19-16-20-29(33)25(7)8;1-4-10-16(11-5-1)19(17-12-6-2-7-13-17)18-14-8-3-9-15-18;1-3-5-4-2;/h15-25H,1-14H3;1-15H;3-4H2,1-2H3;/q-1;;;/b30-21-,37-31?;;;. The maximum absolute atomic E-state index is 5.46. The fourth-order valence-electron chi connectivity index (χ4n) is 6.87. The summed E-state index contributed by atoms with van der Waals surface area (Å²) in [4.78, 5) is 5.46. The second-order valence-electron chi connectivity index (χ2n) is 19.0. The fourth-order valence-corrected chi connectivity index (χ4v) is 9.17. The van der Waals surface area contributed by atoms with Gasteiger partial charge in [0, 0.05) is 41.1 Å². The van der Waals surface area contributed by atoms with Gasteiger partial charge in [-0.2, -0.15) is 5.70 Å². The number of para-hydroxylation sites is 2. The zero-order valence-corrected chi connectivity index (χ0v) is 42.9. The van der Waals surface area contributed by atoms with E-state index in [2.05, 4.69) is 230 Å². The number of hydrogen-bond donors (Lipinski definition) is 0. The molecule has 1 radical (unpaired) electrons. The van der Waals surface area contributed by atoms with Gasteiger partial charge >= 0.3 is 0 Å². The molecule has 337 valence electrons. The van der Waals surface area contributed by atoms with Gasteiger partial charge in [-0.25, -0.2) is 0 Å². The van der Waals surface area contributed by atoms with E-state index in [4.69, 9.17) is 15.0 Å². The van der Waals surface area contributed by atoms with Crippen LogP contribution in [0.2, 0.25) is 0 Å². The van der Waals surface area contributed by atoms with E-state index < -0.39 is 7.92 Å². The van der Waals surface area contributed by atoms with E-state index in [1.807, 2.05) is 13.8 Å². The van der Waals surface area contributed by atoms with Gasteiger partial charge < -0.3 is 10.1 Å². The van der Waals surface area contributed by atoms with Gasteiger partial charge in [-0.05, 0) is 77.9 Å². The maximum Gasteiger partial charge on any atom is 0.0702 e. The second-order valence-corrected chi connectivity index (χ2v) is 21.2. The Morgan fingerprint density at radius 2 is 0.855 bits per heavy atom. The predicted molar refractivity (Wildman–Crippen MR) is 274 cm³/mol. The van der Waals surface area contributed by atoms with E-state index in [1.165, 1.54) is 38.2 Å². The van der Waals surface area contributed by atoms with Crippen molar-refractivity contribution in [2.75, 3.05) is 13.2 Å². The average Bonchev–Trinajstić information content (AvgIpc) is 3.21. The summed E-state index contributed by atoms with van der Waals surface area (Å²) >= 11 is 0. The van der Waals surface area contributed by atoms with Crippen LogP contribution >= 0.6 is 7.92 Å². The zero-order valence-electron chi connectivity index (χ0n) is 41.0. The van der Waals surface area contributed by atoms with Crippen LogP contribution in [-0.2, 0) is 21.5 Å². The largest absolute Gasteiger partial charge is 0.660 e. The van der Waals surface area contributed by atoms with Crippen molar-refractivity contribution in [1.82, 2.24) is 0 Å². The van der Waals surface area contributed by atoms with Gasteiger partial charge in [0.25, 0.3) is 0 Å². The summed E-state index contributed by atoms with van der Waals surface area (Å²) in [5.74, 6) is 1.61. The normalized spacial score (nSPS) is 12.2. The number of ether oxygens (including phenoxy) is 1. The Kier molecular flexibility index (Phi) is 22.9. The molecule has 0 amide bonds. The summed E-state index contributed by atoms with van der Waals surface area (Å²) in [7, 11) is -0.446. The van der Waals surface area contributed by atoms with Gasteiger partial charge in [-0.1, -0.05) is 242 Å². The van der Waals surface area contributed by atoms with Gasteiger partial charge in [0.1, 0.15) is 0 Å². The Balaban J connectivity index is 0.000000436. The van der Waals surface area contributed by atoms with Crippen LogP contribution in [0.15, 0.2) is 144 Å². The van der Waals surface area contributed by atoms with Crippen molar-refractivity contribution in [3.8, 4) is 0 Å². The third-order valence-electron chi connectivity index (χ3n) is 10.4. The monoisotopic (exact) mass is 897 g/mol. The molecule has 0 aliphatic rings. The van der Waals surface area contributed by atoms with E-state index in [1.54, 1.807) is 0 Å². The summed E-state index contributed by atoms with van der Waals surface area (Å²) in [5, 5.41) is 9.66. The van der Waals surface area contributed by atoms with Crippen molar-refractivity contribution in [3.63, 3.8) is 0 Å². The summed E-state index contributed by atoms with van der Waals surface area (Å²) in [6.07, 6.45) is 2.28. The van der Waals surface area contributed by atoms with Crippen LogP contribution in [0.5, 0.6) is 0 Å². The van der Waals surface area contributed by atoms with Gasteiger partial charge in [0.2, 0.25) is 0 Å². The molecule has 0 unspecified atom stereocenters. The molecule has 0 N–H and O–H groups in total. The van der Waals surface area contributed by atoms with E-state index in [0.29, 0.717) is 23.7 Å². The summed E-state index contributed by atoms with van der Waals surface area (Å²) in [5.41, 5.74) is 9.37. The van der Waals surface area contributed by atoms with Crippen LogP contribution in [-0.4, -0.2) is 18.9 Å². The summed E-state index contributed by atoms with van der Waals surface area (Å²) in [6.45, 7) is 37.3. The number of hydrogen-bond acceptors (Lipinski definition) is 2. The van der Waals surface area contributed by atoms with E-state index in [-0.39, 0.29) is 27.6 Å². The average molecular weight is 897 g/mol. The molecular formula is C57H78CoN2OP-. The van der Waals surface area contributed by atoms with Crippen LogP contribution in [0, 0.1) is 10.8 Å². The van der Waals surface area contributed by atoms with E-state index in [9.17, 15) is 0 Å². The van der Waals surface area contributed by atoms with Crippen molar-refractivity contribution in [3.05, 3.63) is 167 Å².